The number of rotatable bonds is 12. The molecule has 0 amide bonds. The molecule has 4 heterocycles. The molecule has 6 aromatic carbocycles. The number of aliphatic imine (C=N–C) groups is 2. The van der Waals surface area contributed by atoms with E-state index in [0.717, 1.165) is 69.0 Å². The fourth-order valence-electron chi connectivity index (χ4n) is 7.44. The Morgan fingerprint density at radius 1 is 0.494 bits per heavy atom. The number of ether oxygens (including phenoxy) is 2. The van der Waals surface area contributed by atoms with Gasteiger partial charge in [0.15, 0.2) is 0 Å². The maximum atomic E-state index is 12.1. The first kappa shape index (κ1) is 69.4. The molecule has 2 radical (unpaired) electrons. The number of pyridine rings is 4. The van der Waals surface area contributed by atoms with Crippen molar-refractivity contribution in [2.75, 3.05) is 28.4 Å². The molecule has 0 saturated heterocycles. The van der Waals surface area contributed by atoms with Crippen LogP contribution in [0.2, 0.25) is 0 Å². The summed E-state index contributed by atoms with van der Waals surface area (Å²) in [5, 5.41) is 65.3. The van der Waals surface area contributed by atoms with Gasteiger partial charge in [-0.05, 0) is 70.8 Å². The third-order valence-electron chi connectivity index (χ3n) is 11.1. The van der Waals surface area contributed by atoms with Crippen molar-refractivity contribution in [3.63, 3.8) is 0 Å². The average molecular weight is 1320 g/mol. The molecule has 0 aliphatic heterocycles. The van der Waals surface area contributed by atoms with Crippen molar-refractivity contribution in [1.29, 1.82) is 0 Å². The Morgan fingerprint density at radius 2 is 0.778 bits per heavy atom. The largest absolute Gasteiger partial charge is 2.00 e. The Labute approximate surface area is 505 Å². The zero-order valence-corrected chi connectivity index (χ0v) is 48.8. The molecule has 4 N–H and O–H groups in total. The van der Waals surface area contributed by atoms with Gasteiger partial charge in [-0.1, -0.05) is 153 Å². The van der Waals surface area contributed by atoms with E-state index in [1.165, 1.54) is 26.6 Å². The van der Waals surface area contributed by atoms with Gasteiger partial charge in [-0.25, -0.2) is 0 Å². The van der Waals surface area contributed by atoms with Crippen LogP contribution in [0.25, 0.3) is 43.6 Å². The first-order valence-corrected chi connectivity index (χ1v) is 25.2. The van der Waals surface area contributed by atoms with Crippen molar-refractivity contribution in [2.45, 2.75) is 24.9 Å². The molecule has 10 rings (SSSR count). The van der Waals surface area contributed by atoms with Gasteiger partial charge in [0.2, 0.25) is 0 Å². The van der Waals surface area contributed by atoms with E-state index < -0.39 is 24.0 Å². The number of aromatic nitrogens is 4. The smallest absolute Gasteiger partial charge is 0.870 e. The van der Waals surface area contributed by atoms with Crippen LogP contribution >= 0.6 is 31.9 Å². The fraction of sp³-hybridized carbons (Fsp3) is 0.133. The monoisotopic (exact) mass is 1320 g/mol. The molecule has 81 heavy (non-hydrogen) atoms. The first-order chi connectivity index (χ1) is 37.9. The number of nitrogens with zero attached hydrogens (tertiary/aromatic N) is 6. The number of aliphatic carboxylic acids is 2. The maximum Gasteiger partial charge on any atom is 2.00 e. The minimum absolute atomic E-state index is 0. The number of benzene rings is 6. The zero-order chi connectivity index (χ0) is 56.4. The third kappa shape index (κ3) is 20.4. The summed E-state index contributed by atoms with van der Waals surface area (Å²) in [5.41, 5.74) is 6.06. The van der Waals surface area contributed by atoms with E-state index in [1.807, 2.05) is 84.9 Å². The molecule has 0 spiro atoms. The summed E-state index contributed by atoms with van der Waals surface area (Å²) >= 11 is 6.54. The molecular formula is C60H54Br2Cu2N6O11. The van der Waals surface area contributed by atoms with Gasteiger partial charge in [-0.2, -0.15) is 0 Å². The number of methoxy groups -OCH3 is 2. The van der Waals surface area contributed by atoms with Gasteiger partial charge >= 0.3 is 34.1 Å². The van der Waals surface area contributed by atoms with Crippen LogP contribution < -0.4 is 29.9 Å². The SMILES string of the molecule is CO.CO.COc1cc(Br)cc(C=N[C@@H](Cc2ccccc2)C(=O)[O-])c1[O-].COc1cc(Br)cc(C=N[C@@H](Cc2ccccc2)C(=O)[O-])c1[O-].O.[Cu+2].[Cu+2].c1cnc2c(c1)ccc1cccnc12.c1cnc2c(c1)ccc1cccnc12. The summed E-state index contributed by atoms with van der Waals surface area (Å²) in [4.78, 5) is 47.9. The Kier molecular flexibility index (Phi) is 31.3. The van der Waals surface area contributed by atoms with Crippen LogP contribution in [0.1, 0.15) is 22.3 Å². The molecule has 2 atom stereocenters. The van der Waals surface area contributed by atoms with Crippen molar-refractivity contribution in [3.8, 4) is 23.0 Å². The number of carboxylic acids is 2. The van der Waals surface area contributed by atoms with Crippen LogP contribution in [0.15, 0.2) is 201 Å². The molecular weight excluding hydrogens is 1270 g/mol. The minimum atomic E-state index is -1.29. The summed E-state index contributed by atoms with van der Waals surface area (Å²) in [6.45, 7) is 0. The molecule has 17 nitrogen and oxygen atoms in total. The number of halogens is 2. The van der Waals surface area contributed by atoms with Crippen LogP contribution in [-0.4, -0.2) is 101 Å². The number of carboxylic acid groups (broad SMARTS) is 2. The van der Waals surface area contributed by atoms with Crippen molar-refractivity contribution in [1.82, 2.24) is 19.9 Å². The van der Waals surface area contributed by atoms with Crippen molar-refractivity contribution in [2.24, 2.45) is 9.98 Å². The normalized spacial score (nSPS) is 10.9. The number of fused-ring (bicyclic) bond motifs is 6. The van der Waals surface area contributed by atoms with Crippen LogP contribution in [0.5, 0.6) is 23.0 Å². The second-order valence-corrected chi connectivity index (χ2v) is 17.9. The van der Waals surface area contributed by atoms with E-state index in [1.54, 1.807) is 49.1 Å². The molecule has 426 valence electrons. The van der Waals surface area contributed by atoms with Crippen molar-refractivity contribution >= 4 is 99.8 Å². The van der Waals surface area contributed by atoms with E-state index in [9.17, 15) is 30.0 Å². The van der Waals surface area contributed by atoms with Gasteiger partial charge in [-0.15, -0.1) is 0 Å². The number of aliphatic hydroxyl groups is 2. The average Bonchev–Trinajstić information content (AvgIpc) is 3.55. The number of carbonyl (C=O) groups is 2. The van der Waals surface area contributed by atoms with Crippen LogP contribution in [0, 0.1) is 0 Å². The summed E-state index contributed by atoms with van der Waals surface area (Å²) in [6, 6.07) is 46.6. The van der Waals surface area contributed by atoms with Crippen LogP contribution in [0.4, 0.5) is 0 Å². The molecule has 0 aliphatic rings. The summed E-state index contributed by atoms with van der Waals surface area (Å²) in [5.74, 6) is -2.96. The molecule has 0 bridgehead atoms. The number of hydrogen-bond donors (Lipinski definition) is 2. The molecule has 0 fully saturated rings. The fourth-order valence-corrected chi connectivity index (χ4v) is 8.35. The Bertz CT molecular complexity index is 3270. The van der Waals surface area contributed by atoms with E-state index in [2.05, 4.69) is 110 Å². The van der Waals surface area contributed by atoms with Crippen molar-refractivity contribution < 1.29 is 89.3 Å². The second-order valence-electron chi connectivity index (χ2n) is 16.1. The van der Waals surface area contributed by atoms with Crippen molar-refractivity contribution in [3.05, 3.63) is 214 Å². The van der Waals surface area contributed by atoms with E-state index >= 15 is 0 Å². The van der Waals surface area contributed by atoms with Gasteiger partial charge < -0.3 is 55.2 Å². The predicted octanol–water partition coefficient (Wildman–Crippen LogP) is 6.58. The van der Waals surface area contributed by atoms with E-state index in [0.29, 0.717) is 8.95 Å². The molecule has 0 unspecified atom stereocenters. The molecule has 10 aromatic rings. The van der Waals surface area contributed by atoms with Gasteiger partial charge in [0, 0.05) is 94.8 Å². The van der Waals surface area contributed by atoms with Crippen LogP contribution in [-0.2, 0) is 56.6 Å². The third-order valence-corrected chi connectivity index (χ3v) is 12.0. The predicted molar refractivity (Wildman–Crippen MR) is 307 cm³/mol. The molecule has 4 aromatic heterocycles. The minimum Gasteiger partial charge on any atom is -0.870 e. The van der Waals surface area contributed by atoms with E-state index in [-0.39, 0.29) is 86.6 Å². The summed E-state index contributed by atoms with van der Waals surface area (Å²) in [7, 11) is 4.78. The molecule has 0 saturated carbocycles. The standard InChI is InChI=1S/2C17H16BrNO4.2C12H8N2.2CH4O.2Cu.H2O/c2*1-23-15-9-13(18)8-12(16(15)20)10-19-14(17(21)22)7-11-5-3-2-4-6-11;2*1-3-9-5-6-10-4-2-8-14-12(10)11(9)13-7-1;2*1-2;;;/h2*2-6,8-10,14,20H,7H2,1H3,(H,21,22);2*1-8H;2*2H,1H3;;;1H2/q;;;;;;2*+2;/p-4/t2*14-;;;;;;;/m00......./s1. The Morgan fingerprint density at radius 3 is 1.04 bits per heavy atom. The topological polar surface area (TPSA) is 293 Å². The summed E-state index contributed by atoms with van der Waals surface area (Å²) < 4.78 is 11.3. The van der Waals surface area contributed by atoms with Gasteiger partial charge in [0.05, 0.1) is 60.3 Å². The van der Waals surface area contributed by atoms with Crippen LogP contribution in [0.3, 0.4) is 0 Å². The number of hydrogen-bond acceptors (Lipinski definition) is 16. The zero-order valence-electron chi connectivity index (χ0n) is 43.7. The summed E-state index contributed by atoms with van der Waals surface area (Å²) in [6.07, 6.45) is 10.1. The Hall–Kier alpha value is -7.68. The maximum absolute atomic E-state index is 12.1. The number of carbonyl (C=O) groups excluding carboxylic acids is 2. The number of aliphatic hydroxyl groups excluding tert-OH is 2. The van der Waals surface area contributed by atoms with E-state index in [4.69, 9.17) is 19.7 Å². The second kappa shape index (κ2) is 36.6. The van der Waals surface area contributed by atoms with Gasteiger partial charge in [0.25, 0.3) is 0 Å². The quantitative estimate of drug-likeness (QED) is 0.0743. The Balaban J connectivity index is 0.000000364. The molecule has 0 aliphatic carbocycles. The van der Waals surface area contributed by atoms with Gasteiger partial charge in [0.1, 0.15) is 11.5 Å². The molecule has 21 heteroatoms. The first-order valence-electron chi connectivity index (χ1n) is 23.6. The van der Waals surface area contributed by atoms with Gasteiger partial charge in [-0.3, -0.25) is 29.9 Å².